The van der Waals surface area contributed by atoms with Gasteiger partial charge < -0.3 is 15.5 Å². The summed E-state index contributed by atoms with van der Waals surface area (Å²) in [4.78, 5) is 4.47. The van der Waals surface area contributed by atoms with Crippen molar-refractivity contribution in [3.63, 3.8) is 0 Å². The highest BCUT2D eigenvalue weighted by Gasteiger charge is 2.22. The van der Waals surface area contributed by atoms with E-state index in [1.54, 1.807) is 6.07 Å². The van der Waals surface area contributed by atoms with E-state index in [1.165, 1.54) is 0 Å². The molecule has 1 unspecified atom stereocenters. The molecule has 1 aromatic rings. The predicted octanol–water partition coefficient (Wildman–Crippen LogP) is 2.38. The van der Waals surface area contributed by atoms with E-state index in [0.29, 0.717) is 11.7 Å². The lowest BCUT2D eigenvalue weighted by molar-refractivity contribution is 0.337. The molecule has 0 radical (unpaired) electrons. The first kappa shape index (κ1) is 14.3. The van der Waals surface area contributed by atoms with E-state index in [-0.39, 0.29) is 11.9 Å². The Bertz CT molecular complexity index is 433. The third-order valence-electron chi connectivity index (χ3n) is 3.85. The molecule has 0 spiro atoms. The molecule has 1 aliphatic rings. The number of nitrogens with two attached hydrogens (primary N) is 1. The van der Waals surface area contributed by atoms with Gasteiger partial charge in [-0.15, -0.1) is 0 Å². The van der Waals surface area contributed by atoms with Crippen molar-refractivity contribution in [2.75, 3.05) is 31.6 Å². The van der Waals surface area contributed by atoms with Gasteiger partial charge in [0.15, 0.2) is 0 Å². The zero-order valence-electron chi connectivity index (χ0n) is 12.1. The Labute approximate surface area is 115 Å². The molecular formula is C15H24FN3. The summed E-state index contributed by atoms with van der Waals surface area (Å²) >= 11 is 0. The summed E-state index contributed by atoms with van der Waals surface area (Å²) in [6.07, 6.45) is 1.06. The van der Waals surface area contributed by atoms with Gasteiger partial charge in [-0.3, -0.25) is 0 Å². The molecule has 2 rings (SSSR count). The molecule has 1 aromatic carbocycles. The second-order valence-corrected chi connectivity index (χ2v) is 5.66. The Morgan fingerprint density at radius 1 is 1.37 bits per heavy atom. The summed E-state index contributed by atoms with van der Waals surface area (Å²) in [6, 6.07) is 5.57. The zero-order valence-corrected chi connectivity index (χ0v) is 12.1. The van der Waals surface area contributed by atoms with Crippen LogP contribution in [0.5, 0.6) is 0 Å². The van der Waals surface area contributed by atoms with Crippen LogP contribution in [0.2, 0.25) is 0 Å². The quantitative estimate of drug-likeness (QED) is 0.891. The van der Waals surface area contributed by atoms with Gasteiger partial charge >= 0.3 is 0 Å². The molecule has 0 amide bonds. The molecule has 2 atom stereocenters. The van der Waals surface area contributed by atoms with E-state index in [0.717, 1.165) is 31.6 Å². The molecule has 2 N–H and O–H groups in total. The highest BCUT2D eigenvalue weighted by Crippen LogP contribution is 2.26. The van der Waals surface area contributed by atoms with E-state index in [1.807, 2.05) is 19.1 Å². The third kappa shape index (κ3) is 3.25. The molecule has 0 aromatic heterocycles. The van der Waals surface area contributed by atoms with Crippen molar-refractivity contribution in [1.82, 2.24) is 4.90 Å². The van der Waals surface area contributed by atoms with Crippen molar-refractivity contribution in [3.05, 3.63) is 29.6 Å². The van der Waals surface area contributed by atoms with Crippen LogP contribution in [0.3, 0.4) is 0 Å². The summed E-state index contributed by atoms with van der Waals surface area (Å²) in [5.41, 5.74) is 7.34. The van der Waals surface area contributed by atoms with Crippen LogP contribution in [-0.4, -0.2) is 37.6 Å². The van der Waals surface area contributed by atoms with Crippen LogP contribution < -0.4 is 10.6 Å². The van der Waals surface area contributed by atoms with Crippen LogP contribution in [0.4, 0.5) is 10.1 Å². The van der Waals surface area contributed by atoms with Crippen LogP contribution in [-0.2, 0) is 0 Å². The van der Waals surface area contributed by atoms with Crippen molar-refractivity contribution in [2.45, 2.75) is 32.4 Å². The number of hydrogen-bond acceptors (Lipinski definition) is 3. The van der Waals surface area contributed by atoms with E-state index in [2.05, 4.69) is 23.8 Å². The van der Waals surface area contributed by atoms with E-state index in [9.17, 15) is 4.39 Å². The largest absolute Gasteiger partial charge is 0.365 e. The van der Waals surface area contributed by atoms with Crippen molar-refractivity contribution in [2.24, 2.45) is 5.73 Å². The minimum atomic E-state index is -0.161. The predicted molar refractivity (Wildman–Crippen MR) is 77.9 cm³/mol. The molecular weight excluding hydrogens is 241 g/mol. The molecule has 0 saturated carbocycles. The topological polar surface area (TPSA) is 32.5 Å². The number of nitrogens with zero attached hydrogens (tertiary/aromatic N) is 2. The average molecular weight is 265 g/mol. The second-order valence-electron chi connectivity index (χ2n) is 5.66. The summed E-state index contributed by atoms with van der Waals surface area (Å²) < 4.78 is 14.3. The van der Waals surface area contributed by atoms with E-state index < -0.39 is 0 Å². The van der Waals surface area contributed by atoms with Gasteiger partial charge in [0.1, 0.15) is 5.82 Å². The van der Waals surface area contributed by atoms with Gasteiger partial charge in [-0.1, -0.05) is 6.07 Å². The van der Waals surface area contributed by atoms with Crippen LogP contribution in [0, 0.1) is 5.82 Å². The van der Waals surface area contributed by atoms with Gasteiger partial charge in [-0.2, -0.15) is 0 Å². The maximum atomic E-state index is 14.3. The molecule has 1 heterocycles. The third-order valence-corrected chi connectivity index (χ3v) is 3.85. The Balaban J connectivity index is 2.25. The highest BCUT2D eigenvalue weighted by molar-refractivity contribution is 5.50. The molecule has 0 bridgehead atoms. The number of rotatable bonds is 2. The average Bonchev–Trinajstić information content (AvgIpc) is 2.50. The molecule has 3 nitrogen and oxygen atoms in total. The van der Waals surface area contributed by atoms with Crippen molar-refractivity contribution in [3.8, 4) is 0 Å². The molecule has 0 aliphatic carbocycles. The number of halogens is 1. The lowest BCUT2D eigenvalue weighted by Gasteiger charge is -2.30. The van der Waals surface area contributed by atoms with Crippen LogP contribution in [0.15, 0.2) is 18.2 Å². The van der Waals surface area contributed by atoms with Gasteiger partial charge in [0.2, 0.25) is 0 Å². The van der Waals surface area contributed by atoms with Gasteiger partial charge in [0, 0.05) is 25.2 Å². The Hall–Kier alpha value is -1.13. The van der Waals surface area contributed by atoms with E-state index >= 15 is 0 Å². The highest BCUT2D eigenvalue weighted by atomic mass is 19.1. The first-order chi connectivity index (χ1) is 8.99. The first-order valence-electron chi connectivity index (χ1n) is 6.99. The second kappa shape index (κ2) is 5.88. The van der Waals surface area contributed by atoms with Gasteiger partial charge in [-0.25, -0.2) is 4.39 Å². The van der Waals surface area contributed by atoms with Gasteiger partial charge in [0.25, 0.3) is 0 Å². The molecule has 1 saturated heterocycles. The summed E-state index contributed by atoms with van der Waals surface area (Å²) in [5, 5.41) is 0. The van der Waals surface area contributed by atoms with Crippen LogP contribution >= 0.6 is 0 Å². The molecule has 1 aliphatic heterocycles. The fourth-order valence-electron chi connectivity index (χ4n) is 2.77. The molecule has 106 valence electrons. The molecule has 4 heteroatoms. The van der Waals surface area contributed by atoms with Crippen molar-refractivity contribution < 1.29 is 4.39 Å². The Morgan fingerprint density at radius 2 is 2.11 bits per heavy atom. The zero-order chi connectivity index (χ0) is 14.0. The lowest BCUT2D eigenvalue weighted by atomic mass is 10.1. The fourth-order valence-corrected chi connectivity index (χ4v) is 2.77. The normalized spacial score (nSPS) is 23.2. The van der Waals surface area contributed by atoms with Crippen molar-refractivity contribution >= 4 is 5.69 Å². The lowest BCUT2D eigenvalue weighted by Crippen LogP contribution is -2.38. The monoisotopic (exact) mass is 265 g/mol. The fraction of sp³-hybridized carbons (Fsp3) is 0.600. The van der Waals surface area contributed by atoms with Crippen LogP contribution in [0.25, 0.3) is 0 Å². The van der Waals surface area contributed by atoms with Gasteiger partial charge in [0.05, 0.1) is 5.69 Å². The Morgan fingerprint density at radius 3 is 2.74 bits per heavy atom. The standard InChI is InChI=1S/C15H24FN3/c1-11-10-18(3)7-4-8-19(11)15-6-5-13(12(2)17)9-14(15)16/h5-6,9,11-12H,4,7-8,10,17H2,1-3H3/t11?,12-/m1/s1. The van der Waals surface area contributed by atoms with Gasteiger partial charge in [-0.05, 0) is 51.6 Å². The minimum Gasteiger partial charge on any atom is -0.365 e. The molecule has 1 fully saturated rings. The first-order valence-corrected chi connectivity index (χ1v) is 6.99. The summed E-state index contributed by atoms with van der Waals surface area (Å²) in [6.45, 7) is 6.97. The van der Waals surface area contributed by atoms with Crippen molar-refractivity contribution in [1.29, 1.82) is 0 Å². The number of benzene rings is 1. The number of anilines is 1. The molecule has 19 heavy (non-hydrogen) atoms. The smallest absolute Gasteiger partial charge is 0.146 e. The summed E-state index contributed by atoms with van der Waals surface area (Å²) in [7, 11) is 2.12. The number of hydrogen-bond donors (Lipinski definition) is 1. The maximum Gasteiger partial charge on any atom is 0.146 e. The maximum absolute atomic E-state index is 14.3. The summed E-state index contributed by atoms with van der Waals surface area (Å²) in [5.74, 6) is -0.161. The number of likely N-dealkylation sites (N-methyl/N-ethyl adjacent to an activating group) is 1. The Kier molecular flexibility index (Phi) is 4.42. The van der Waals surface area contributed by atoms with Crippen LogP contribution in [0.1, 0.15) is 31.9 Å². The minimum absolute atomic E-state index is 0.128. The SMILES string of the molecule is CC1CN(C)CCCN1c1ccc([C@@H](C)N)cc1F. The van der Waals surface area contributed by atoms with E-state index in [4.69, 9.17) is 5.73 Å².